The Bertz CT molecular complexity index is 288. The molecule has 0 aromatic heterocycles. The van der Waals surface area contributed by atoms with E-state index in [-0.39, 0.29) is 31.2 Å². The van der Waals surface area contributed by atoms with E-state index in [2.05, 4.69) is 0 Å². The first kappa shape index (κ1) is 10.7. The summed E-state index contributed by atoms with van der Waals surface area (Å²) in [6.45, 7) is 1.83. The van der Waals surface area contributed by atoms with Crippen LogP contribution < -0.4 is 5.73 Å². The van der Waals surface area contributed by atoms with Crippen molar-refractivity contribution in [3.8, 4) is 6.07 Å². The van der Waals surface area contributed by atoms with E-state index in [0.29, 0.717) is 6.42 Å². The number of hydrogen-bond donors (Lipinski definition) is 1. The van der Waals surface area contributed by atoms with Crippen LogP contribution >= 0.6 is 0 Å². The minimum Gasteiger partial charge on any atom is -0.314 e. The Kier molecular flexibility index (Phi) is 2.87. The number of nitrogens with zero attached hydrogens (tertiary/aromatic N) is 2. The topological polar surface area (TPSA) is 87.2 Å². The molecule has 2 N–H and O–H groups in total. The lowest BCUT2D eigenvalue weighted by Crippen LogP contribution is -2.40. The van der Waals surface area contributed by atoms with Gasteiger partial charge in [0, 0.05) is 19.4 Å². The molecule has 1 unspecified atom stereocenters. The molecule has 0 radical (unpaired) electrons. The van der Waals surface area contributed by atoms with E-state index in [9.17, 15) is 9.59 Å². The van der Waals surface area contributed by atoms with Crippen molar-refractivity contribution in [3.63, 3.8) is 0 Å². The van der Waals surface area contributed by atoms with E-state index in [1.165, 1.54) is 4.90 Å². The number of likely N-dealkylation sites (tertiary alicyclic amines) is 1. The highest BCUT2D eigenvalue weighted by molar-refractivity contribution is 6.01. The molecule has 76 valence electrons. The van der Waals surface area contributed by atoms with Gasteiger partial charge in [-0.3, -0.25) is 14.5 Å². The second-order valence-corrected chi connectivity index (χ2v) is 3.72. The molecule has 0 saturated carbocycles. The third kappa shape index (κ3) is 2.30. The molecule has 1 aliphatic heterocycles. The van der Waals surface area contributed by atoms with Crippen molar-refractivity contribution >= 4 is 11.8 Å². The van der Waals surface area contributed by atoms with E-state index in [4.69, 9.17) is 11.0 Å². The van der Waals surface area contributed by atoms with Gasteiger partial charge in [0.05, 0.1) is 6.07 Å². The molecule has 2 amide bonds. The normalized spacial score (nSPS) is 20.8. The van der Waals surface area contributed by atoms with Crippen LogP contribution in [0.15, 0.2) is 0 Å². The highest BCUT2D eigenvalue weighted by atomic mass is 16.2. The quantitative estimate of drug-likeness (QED) is 0.630. The highest BCUT2D eigenvalue weighted by Gasteiger charge is 2.30. The van der Waals surface area contributed by atoms with Gasteiger partial charge in [0.2, 0.25) is 11.8 Å². The number of rotatable bonds is 3. The monoisotopic (exact) mass is 195 g/mol. The molecule has 1 aliphatic rings. The molecule has 1 atom stereocenters. The zero-order valence-corrected chi connectivity index (χ0v) is 8.12. The van der Waals surface area contributed by atoms with Gasteiger partial charge in [0.25, 0.3) is 0 Å². The fraction of sp³-hybridized carbons (Fsp3) is 0.667. The summed E-state index contributed by atoms with van der Waals surface area (Å²) >= 11 is 0. The summed E-state index contributed by atoms with van der Waals surface area (Å²) in [6.07, 6.45) is 0.889. The number of nitriles is 1. The first-order valence-corrected chi connectivity index (χ1v) is 4.49. The molecule has 0 aromatic carbocycles. The maximum Gasteiger partial charge on any atom is 0.229 e. The summed E-state index contributed by atoms with van der Waals surface area (Å²) in [5, 5.41) is 8.64. The fourth-order valence-electron chi connectivity index (χ4n) is 1.27. The standard InChI is InChI=1S/C9H13N3O2/c1-9(11,6-10)4-5-12-7(13)2-3-8(12)14/h2-5,11H2,1H3. The Balaban J connectivity index is 2.50. The molecule has 0 bridgehead atoms. The summed E-state index contributed by atoms with van der Waals surface area (Å²) in [4.78, 5) is 23.5. The minimum absolute atomic E-state index is 0.163. The maximum absolute atomic E-state index is 11.2. The van der Waals surface area contributed by atoms with Crippen molar-refractivity contribution in [1.82, 2.24) is 4.90 Å². The summed E-state index contributed by atoms with van der Waals surface area (Å²) in [6, 6.07) is 1.92. The van der Waals surface area contributed by atoms with Crippen molar-refractivity contribution in [2.75, 3.05) is 6.54 Å². The van der Waals surface area contributed by atoms with Crippen LogP contribution in [0.25, 0.3) is 0 Å². The number of carbonyl (C=O) groups is 2. The Labute approximate surface area is 82.5 Å². The molecular weight excluding hydrogens is 182 g/mol. The Morgan fingerprint density at radius 3 is 2.43 bits per heavy atom. The second-order valence-electron chi connectivity index (χ2n) is 3.72. The fourth-order valence-corrected chi connectivity index (χ4v) is 1.27. The molecule has 1 heterocycles. The van der Waals surface area contributed by atoms with Crippen LogP contribution in [-0.2, 0) is 9.59 Å². The number of carbonyl (C=O) groups excluding carboxylic acids is 2. The first-order valence-electron chi connectivity index (χ1n) is 4.49. The van der Waals surface area contributed by atoms with Crippen LogP contribution in [0.5, 0.6) is 0 Å². The zero-order chi connectivity index (χ0) is 10.8. The summed E-state index contributed by atoms with van der Waals surface area (Å²) in [5.74, 6) is -0.326. The molecular formula is C9H13N3O2. The van der Waals surface area contributed by atoms with Crippen LogP contribution in [0.3, 0.4) is 0 Å². The van der Waals surface area contributed by atoms with E-state index >= 15 is 0 Å². The Morgan fingerprint density at radius 2 is 2.00 bits per heavy atom. The summed E-state index contributed by atoms with van der Waals surface area (Å²) in [7, 11) is 0. The average Bonchev–Trinajstić information content (AvgIpc) is 2.44. The van der Waals surface area contributed by atoms with Crippen molar-refractivity contribution in [3.05, 3.63) is 0 Å². The smallest absolute Gasteiger partial charge is 0.229 e. The van der Waals surface area contributed by atoms with Gasteiger partial charge in [-0.25, -0.2) is 0 Å². The van der Waals surface area contributed by atoms with Crippen LogP contribution in [-0.4, -0.2) is 28.8 Å². The van der Waals surface area contributed by atoms with Gasteiger partial charge in [0.1, 0.15) is 5.54 Å². The first-order chi connectivity index (χ1) is 6.46. The molecule has 0 aliphatic carbocycles. The van der Waals surface area contributed by atoms with Crippen LogP contribution in [0.4, 0.5) is 0 Å². The van der Waals surface area contributed by atoms with E-state index in [1.807, 2.05) is 6.07 Å². The lowest BCUT2D eigenvalue weighted by molar-refractivity contribution is -0.138. The third-order valence-electron chi connectivity index (χ3n) is 2.26. The van der Waals surface area contributed by atoms with Gasteiger partial charge < -0.3 is 5.73 Å². The average molecular weight is 195 g/mol. The molecule has 14 heavy (non-hydrogen) atoms. The maximum atomic E-state index is 11.2. The summed E-state index contributed by atoms with van der Waals surface area (Å²) < 4.78 is 0. The number of amides is 2. The number of hydrogen-bond acceptors (Lipinski definition) is 4. The Morgan fingerprint density at radius 1 is 1.50 bits per heavy atom. The molecule has 1 rings (SSSR count). The van der Waals surface area contributed by atoms with E-state index < -0.39 is 5.54 Å². The van der Waals surface area contributed by atoms with E-state index in [1.54, 1.807) is 6.92 Å². The van der Waals surface area contributed by atoms with Crippen molar-refractivity contribution < 1.29 is 9.59 Å². The largest absolute Gasteiger partial charge is 0.314 e. The third-order valence-corrected chi connectivity index (χ3v) is 2.26. The van der Waals surface area contributed by atoms with Gasteiger partial charge in [-0.15, -0.1) is 0 Å². The molecule has 1 saturated heterocycles. The van der Waals surface area contributed by atoms with Gasteiger partial charge in [-0.05, 0) is 13.3 Å². The highest BCUT2D eigenvalue weighted by Crippen LogP contribution is 2.14. The predicted octanol–water partition coefficient (Wildman–Crippen LogP) is -0.234. The van der Waals surface area contributed by atoms with Crippen molar-refractivity contribution in [2.45, 2.75) is 31.7 Å². The molecule has 0 aromatic rings. The predicted molar refractivity (Wildman–Crippen MR) is 48.8 cm³/mol. The molecule has 5 heteroatoms. The molecule has 1 fully saturated rings. The van der Waals surface area contributed by atoms with Gasteiger partial charge in [-0.2, -0.15) is 5.26 Å². The SMILES string of the molecule is CC(N)(C#N)CCN1C(=O)CCC1=O. The molecule has 0 spiro atoms. The second kappa shape index (κ2) is 3.76. The number of nitrogens with two attached hydrogens (primary N) is 1. The van der Waals surface area contributed by atoms with Crippen LogP contribution in [0.1, 0.15) is 26.2 Å². The van der Waals surface area contributed by atoms with Crippen LogP contribution in [0.2, 0.25) is 0 Å². The lowest BCUT2D eigenvalue weighted by atomic mass is 10.0. The van der Waals surface area contributed by atoms with Crippen molar-refractivity contribution in [1.29, 1.82) is 5.26 Å². The Hall–Kier alpha value is -1.41. The molecule has 5 nitrogen and oxygen atoms in total. The van der Waals surface area contributed by atoms with Gasteiger partial charge >= 0.3 is 0 Å². The van der Waals surface area contributed by atoms with Crippen LogP contribution in [0, 0.1) is 11.3 Å². The number of imide groups is 1. The van der Waals surface area contributed by atoms with Gasteiger partial charge in [-0.1, -0.05) is 0 Å². The van der Waals surface area contributed by atoms with Crippen molar-refractivity contribution in [2.24, 2.45) is 5.73 Å². The summed E-state index contributed by atoms with van der Waals surface area (Å²) in [5.41, 5.74) is 4.61. The van der Waals surface area contributed by atoms with E-state index in [0.717, 1.165) is 0 Å². The van der Waals surface area contributed by atoms with Gasteiger partial charge in [0.15, 0.2) is 0 Å². The lowest BCUT2D eigenvalue weighted by Gasteiger charge is -2.19. The minimum atomic E-state index is -0.969. The zero-order valence-electron chi connectivity index (χ0n) is 8.12.